The Bertz CT molecular complexity index is 1190. The summed E-state index contributed by atoms with van der Waals surface area (Å²) in [5.74, 6) is 1.56. The van der Waals surface area contributed by atoms with Gasteiger partial charge in [-0.25, -0.2) is 15.0 Å². The molecule has 0 amide bonds. The normalized spacial score (nSPS) is 11.4. The number of rotatable bonds is 8. The van der Waals surface area contributed by atoms with Crippen molar-refractivity contribution in [1.29, 1.82) is 0 Å². The smallest absolute Gasteiger partial charge is 0.222 e. The molecular weight excluding hydrogens is 392 g/mol. The second kappa shape index (κ2) is 8.71. The van der Waals surface area contributed by atoms with Gasteiger partial charge in [-0.2, -0.15) is 10.2 Å². The van der Waals surface area contributed by atoms with Crippen molar-refractivity contribution in [3.63, 3.8) is 0 Å². The largest absolute Gasteiger partial charge is 0.477 e. The van der Waals surface area contributed by atoms with Gasteiger partial charge in [0.1, 0.15) is 6.33 Å². The molecular formula is C22H28N8O. The lowest BCUT2D eigenvalue weighted by atomic mass is 10.0. The van der Waals surface area contributed by atoms with Crippen LogP contribution in [0.4, 0.5) is 5.69 Å². The Morgan fingerprint density at radius 3 is 2.71 bits per heavy atom. The van der Waals surface area contributed by atoms with Gasteiger partial charge in [-0.1, -0.05) is 20.8 Å². The minimum Gasteiger partial charge on any atom is -0.477 e. The second-order valence-electron chi connectivity index (χ2n) is 7.81. The molecule has 0 aromatic carbocycles. The van der Waals surface area contributed by atoms with Crippen molar-refractivity contribution < 1.29 is 4.74 Å². The number of hydrogen-bond donors (Lipinski definition) is 1. The van der Waals surface area contributed by atoms with Crippen LogP contribution >= 0.6 is 0 Å². The minimum atomic E-state index is 0.256. The highest BCUT2D eigenvalue weighted by atomic mass is 16.5. The first-order chi connectivity index (χ1) is 15.0. The Balaban J connectivity index is 1.84. The first-order valence-electron chi connectivity index (χ1n) is 10.5. The maximum atomic E-state index is 5.88. The van der Waals surface area contributed by atoms with Crippen molar-refractivity contribution in [2.45, 2.75) is 39.7 Å². The third kappa shape index (κ3) is 4.21. The van der Waals surface area contributed by atoms with E-state index >= 15 is 0 Å². The lowest BCUT2D eigenvalue weighted by Crippen LogP contribution is -2.05. The highest BCUT2D eigenvalue weighted by Crippen LogP contribution is 2.35. The van der Waals surface area contributed by atoms with Gasteiger partial charge in [0, 0.05) is 26.0 Å². The van der Waals surface area contributed by atoms with Crippen molar-refractivity contribution in [3.05, 3.63) is 42.2 Å². The number of pyridine rings is 2. The zero-order chi connectivity index (χ0) is 22.0. The van der Waals surface area contributed by atoms with Gasteiger partial charge >= 0.3 is 0 Å². The molecule has 0 saturated heterocycles. The average Bonchev–Trinajstić information content (AvgIpc) is 3.33. The van der Waals surface area contributed by atoms with Crippen molar-refractivity contribution in [2.24, 2.45) is 14.1 Å². The van der Waals surface area contributed by atoms with Gasteiger partial charge in [0.25, 0.3) is 0 Å². The number of nitrogens with zero attached hydrogens (tertiary/aromatic N) is 7. The molecule has 1 N–H and O–H groups in total. The standard InChI is InChI=1S/C22H28N8O/c1-6-10-31-22-15(8-7-9-23-22)16-11-17(24-12-18-25-13-29(4)27-18)19-20(14(2)3)28-30(5)21(19)26-16/h7-9,11,13-14H,6,10,12H2,1-5H3,(H,24,26). The number of nitrogens with one attached hydrogen (secondary N) is 1. The van der Waals surface area contributed by atoms with Crippen LogP contribution in [0.3, 0.4) is 0 Å². The SMILES string of the molecule is CCCOc1ncccc1-c1cc(NCc2ncn(C)n2)c2c(C(C)C)nn(C)c2n1. The third-order valence-corrected chi connectivity index (χ3v) is 4.94. The molecule has 0 aliphatic rings. The van der Waals surface area contributed by atoms with Crippen LogP contribution in [-0.2, 0) is 20.6 Å². The molecule has 0 unspecified atom stereocenters. The predicted molar refractivity (Wildman–Crippen MR) is 120 cm³/mol. The van der Waals surface area contributed by atoms with E-state index in [1.165, 1.54) is 0 Å². The van der Waals surface area contributed by atoms with E-state index in [0.717, 1.165) is 45.9 Å². The molecule has 0 aliphatic carbocycles. The van der Waals surface area contributed by atoms with Crippen LogP contribution in [-0.4, -0.2) is 41.1 Å². The molecule has 9 nitrogen and oxygen atoms in total. The molecule has 9 heteroatoms. The van der Waals surface area contributed by atoms with Crippen molar-refractivity contribution >= 4 is 16.7 Å². The number of aryl methyl sites for hydroxylation is 2. The highest BCUT2D eigenvalue weighted by Gasteiger charge is 2.20. The summed E-state index contributed by atoms with van der Waals surface area (Å²) in [5.41, 5.74) is 4.38. The number of hydrogen-bond acceptors (Lipinski definition) is 7. The van der Waals surface area contributed by atoms with E-state index in [9.17, 15) is 0 Å². The molecule has 0 fully saturated rings. The van der Waals surface area contributed by atoms with E-state index < -0.39 is 0 Å². The van der Waals surface area contributed by atoms with E-state index in [1.54, 1.807) is 17.2 Å². The zero-order valence-corrected chi connectivity index (χ0v) is 18.6. The topological polar surface area (TPSA) is 95.6 Å². The lowest BCUT2D eigenvalue weighted by Gasteiger charge is -2.13. The number of ether oxygens (including phenoxy) is 1. The van der Waals surface area contributed by atoms with Crippen LogP contribution in [0.15, 0.2) is 30.7 Å². The van der Waals surface area contributed by atoms with Crippen LogP contribution < -0.4 is 10.1 Å². The van der Waals surface area contributed by atoms with Gasteiger partial charge < -0.3 is 10.1 Å². The summed E-state index contributed by atoms with van der Waals surface area (Å²) in [5, 5.41) is 13.6. The van der Waals surface area contributed by atoms with Gasteiger partial charge in [-0.15, -0.1) is 0 Å². The molecule has 4 aromatic heterocycles. The third-order valence-electron chi connectivity index (χ3n) is 4.94. The monoisotopic (exact) mass is 420 g/mol. The summed E-state index contributed by atoms with van der Waals surface area (Å²) in [7, 11) is 3.78. The lowest BCUT2D eigenvalue weighted by molar-refractivity contribution is 0.306. The molecule has 0 aliphatic heterocycles. The van der Waals surface area contributed by atoms with E-state index in [4.69, 9.17) is 14.8 Å². The van der Waals surface area contributed by atoms with Crippen LogP contribution in [0.1, 0.15) is 44.6 Å². The second-order valence-corrected chi connectivity index (χ2v) is 7.81. The fourth-order valence-corrected chi connectivity index (χ4v) is 3.50. The molecule has 4 heterocycles. The van der Waals surface area contributed by atoms with E-state index in [1.807, 2.05) is 37.0 Å². The van der Waals surface area contributed by atoms with E-state index in [0.29, 0.717) is 19.0 Å². The highest BCUT2D eigenvalue weighted by molar-refractivity contribution is 5.94. The number of fused-ring (bicyclic) bond motifs is 1. The number of anilines is 1. The minimum absolute atomic E-state index is 0.256. The van der Waals surface area contributed by atoms with Crippen LogP contribution in [0.5, 0.6) is 5.88 Å². The van der Waals surface area contributed by atoms with Crippen molar-refractivity contribution in [2.75, 3.05) is 11.9 Å². The molecule has 162 valence electrons. The van der Waals surface area contributed by atoms with Crippen LogP contribution in [0.2, 0.25) is 0 Å². The van der Waals surface area contributed by atoms with E-state index in [-0.39, 0.29) is 5.92 Å². The quantitative estimate of drug-likeness (QED) is 0.464. The maximum absolute atomic E-state index is 5.88. The summed E-state index contributed by atoms with van der Waals surface area (Å²) < 4.78 is 9.41. The van der Waals surface area contributed by atoms with Crippen molar-refractivity contribution in [3.8, 4) is 17.1 Å². The Morgan fingerprint density at radius 1 is 1.16 bits per heavy atom. The average molecular weight is 421 g/mol. The van der Waals surface area contributed by atoms with E-state index in [2.05, 4.69) is 41.2 Å². The Kier molecular flexibility index (Phi) is 5.83. The van der Waals surface area contributed by atoms with Crippen LogP contribution in [0.25, 0.3) is 22.3 Å². The summed E-state index contributed by atoms with van der Waals surface area (Å²) >= 11 is 0. The fourth-order valence-electron chi connectivity index (χ4n) is 3.50. The van der Waals surface area contributed by atoms with Gasteiger partial charge in [-0.05, 0) is 30.5 Å². The molecule has 4 aromatic rings. The van der Waals surface area contributed by atoms with Crippen LogP contribution in [0, 0.1) is 0 Å². The summed E-state index contributed by atoms with van der Waals surface area (Å²) in [4.78, 5) is 13.7. The predicted octanol–water partition coefficient (Wildman–Crippen LogP) is 3.68. The van der Waals surface area contributed by atoms with Crippen molar-refractivity contribution in [1.82, 2.24) is 34.5 Å². The van der Waals surface area contributed by atoms with Gasteiger partial charge in [0.05, 0.1) is 35.5 Å². The Morgan fingerprint density at radius 2 is 2.00 bits per heavy atom. The molecule has 0 atom stereocenters. The molecule has 0 radical (unpaired) electrons. The summed E-state index contributed by atoms with van der Waals surface area (Å²) in [6.07, 6.45) is 4.34. The Hall–Kier alpha value is -3.49. The maximum Gasteiger partial charge on any atom is 0.222 e. The molecule has 31 heavy (non-hydrogen) atoms. The zero-order valence-electron chi connectivity index (χ0n) is 18.6. The van der Waals surface area contributed by atoms with Gasteiger partial charge in [-0.3, -0.25) is 9.36 Å². The molecule has 0 saturated carbocycles. The molecule has 4 rings (SSSR count). The first-order valence-corrected chi connectivity index (χ1v) is 10.5. The molecule has 0 bridgehead atoms. The fraction of sp³-hybridized carbons (Fsp3) is 0.409. The summed E-state index contributed by atoms with van der Waals surface area (Å²) in [6.45, 7) is 7.45. The number of aromatic nitrogens is 7. The Labute approximate surface area is 181 Å². The van der Waals surface area contributed by atoms with Gasteiger partial charge in [0.2, 0.25) is 5.88 Å². The summed E-state index contributed by atoms with van der Waals surface area (Å²) in [6, 6.07) is 5.92. The van der Waals surface area contributed by atoms with Gasteiger partial charge in [0.15, 0.2) is 11.5 Å². The molecule has 0 spiro atoms. The first kappa shape index (κ1) is 20.8.